The molecule has 1 saturated heterocycles. The van der Waals surface area contributed by atoms with Gasteiger partial charge < -0.3 is 4.79 Å². The average Bonchev–Trinajstić information content (AvgIpc) is 2.47. The largest absolute Gasteiger partial charge is 0.302 e. The van der Waals surface area contributed by atoms with Gasteiger partial charge in [-0.1, -0.05) is 24.6 Å². The zero-order valence-electron chi connectivity index (χ0n) is 11.9. The van der Waals surface area contributed by atoms with Crippen LogP contribution in [-0.2, 0) is 11.3 Å². The first-order chi connectivity index (χ1) is 9.78. The predicted octanol–water partition coefficient (Wildman–Crippen LogP) is 3.10. The minimum absolute atomic E-state index is 0.0796. The number of nitrogens with zero attached hydrogens (tertiary/aromatic N) is 2. The molecule has 0 amide bonds. The number of carbonyl (C=O) groups excluding carboxylic acids is 1. The molecule has 1 aliphatic heterocycles. The summed E-state index contributed by atoms with van der Waals surface area (Å²) < 4.78 is 0. The third-order valence-electron chi connectivity index (χ3n) is 4.12. The molecule has 0 saturated carbocycles. The molecule has 0 radical (unpaired) electrons. The van der Waals surface area contributed by atoms with Crippen LogP contribution >= 0.6 is 0 Å². The second kappa shape index (κ2) is 5.71. The maximum Gasteiger partial charge on any atom is 0.137 e. The van der Waals surface area contributed by atoms with Crippen LogP contribution < -0.4 is 0 Å². The highest BCUT2D eigenvalue weighted by molar-refractivity contribution is 5.82. The molecule has 1 aromatic heterocycles. The number of likely N-dealkylation sites (tertiary alicyclic amines) is 1. The number of rotatable bonds is 3. The smallest absolute Gasteiger partial charge is 0.137 e. The van der Waals surface area contributed by atoms with Gasteiger partial charge in [-0.25, -0.2) is 0 Å². The van der Waals surface area contributed by atoms with Crippen molar-refractivity contribution in [3.05, 3.63) is 41.6 Å². The summed E-state index contributed by atoms with van der Waals surface area (Å²) in [6, 6.07) is 10.5. The Hall–Kier alpha value is -1.74. The molecule has 0 N–H and O–H groups in total. The molecule has 3 rings (SSSR count). The summed E-state index contributed by atoms with van der Waals surface area (Å²) in [6.45, 7) is 3.88. The van der Waals surface area contributed by atoms with Crippen LogP contribution in [0.25, 0.3) is 10.9 Å². The van der Waals surface area contributed by atoms with Crippen LogP contribution in [0.3, 0.4) is 0 Å². The Morgan fingerprint density at radius 1 is 1.35 bits per heavy atom. The lowest BCUT2D eigenvalue weighted by Crippen LogP contribution is -2.39. The number of para-hydroxylation sites is 1. The van der Waals surface area contributed by atoms with Crippen molar-refractivity contribution in [2.75, 3.05) is 6.54 Å². The third kappa shape index (κ3) is 2.59. The maximum atomic E-state index is 11.2. The van der Waals surface area contributed by atoms with Gasteiger partial charge in [-0.05, 0) is 44.0 Å². The minimum Gasteiger partial charge on any atom is -0.302 e. The van der Waals surface area contributed by atoms with E-state index in [1.54, 1.807) is 0 Å². The van der Waals surface area contributed by atoms with Crippen molar-refractivity contribution in [3.8, 4) is 0 Å². The van der Waals surface area contributed by atoms with Crippen molar-refractivity contribution in [1.82, 2.24) is 9.88 Å². The molecule has 1 fully saturated rings. The highest BCUT2D eigenvalue weighted by Gasteiger charge is 2.22. The number of piperidine rings is 1. The Labute approximate surface area is 119 Å². The SMILES string of the molecule is Cc1cc(CN2CCCCC2C=O)c2ccccc2n1. The van der Waals surface area contributed by atoms with E-state index in [0.717, 1.165) is 43.4 Å². The van der Waals surface area contributed by atoms with Gasteiger partial charge in [-0.3, -0.25) is 9.88 Å². The zero-order valence-corrected chi connectivity index (χ0v) is 11.9. The first kappa shape index (κ1) is 13.3. The van der Waals surface area contributed by atoms with Crippen LogP contribution in [0.1, 0.15) is 30.5 Å². The number of aromatic nitrogens is 1. The fraction of sp³-hybridized carbons (Fsp3) is 0.412. The lowest BCUT2D eigenvalue weighted by molar-refractivity contribution is -0.113. The summed E-state index contributed by atoms with van der Waals surface area (Å²) in [7, 11) is 0. The van der Waals surface area contributed by atoms with E-state index in [-0.39, 0.29) is 6.04 Å². The van der Waals surface area contributed by atoms with E-state index in [2.05, 4.69) is 34.1 Å². The fourth-order valence-electron chi connectivity index (χ4n) is 3.11. The number of aryl methyl sites for hydroxylation is 1. The zero-order chi connectivity index (χ0) is 13.9. The van der Waals surface area contributed by atoms with Crippen LogP contribution in [0.4, 0.5) is 0 Å². The number of hydrogen-bond donors (Lipinski definition) is 0. The van der Waals surface area contributed by atoms with Gasteiger partial charge in [0.2, 0.25) is 0 Å². The molecule has 3 heteroatoms. The molecule has 20 heavy (non-hydrogen) atoms. The maximum absolute atomic E-state index is 11.2. The summed E-state index contributed by atoms with van der Waals surface area (Å²) in [5.41, 5.74) is 3.36. The summed E-state index contributed by atoms with van der Waals surface area (Å²) in [5, 5.41) is 1.20. The predicted molar refractivity (Wildman–Crippen MR) is 80.6 cm³/mol. The number of fused-ring (bicyclic) bond motifs is 1. The molecule has 0 spiro atoms. The Morgan fingerprint density at radius 3 is 3.05 bits per heavy atom. The molecule has 104 valence electrons. The summed E-state index contributed by atoms with van der Waals surface area (Å²) >= 11 is 0. The number of pyridine rings is 1. The van der Waals surface area contributed by atoms with Crippen LogP contribution in [0.15, 0.2) is 30.3 Å². The summed E-state index contributed by atoms with van der Waals surface area (Å²) in [5.74, 6) is 0. The van der Waals surface area contributed by atoms with E-state index in [1.165, 1.54) is 17.4 Å². The lowest BCUT2D eigenvalue weighted by Gasteiger charge is -2.32. The van der Waals surface area contributed by atoms with Crippen molar-refractivity contribution < 1.29 is 4.79 Å². The first-order valence-corrected chi connectivity index (χ1v) is 7.32. The van der Waals surface area contributed by atoms with Gasteiger partial charge in [0, 0.05) is 17.6 Å². The highest BCUT2D eigenvalue weighted by atomic mass is 16.1. The molecular formula is C17H20N2O. The van der Waals surface area contributed by atoms with E-state index in [1.807, 2.05) is 13.0 Å². The Morgan fingerprint density at radius 2 is 2.20 bits per heavy atom. The van der Waals surface area contributed by atoms with Gasteiger partial charge >= 0.3 is 0 Å². The Bertz CT molecular complexity index is 623. The monoisotopic (exact) mass is 268 g/mol. The first-order valence-electron chi connectivity index (χ1n) is 7.32. The van der Waals surface area contributed by atoms with Crippen LogP contribution in [-0.4, -0.2) is 28.8 Å². The highest BCUT2D eigenvalue weighted by Crippen LogP contribution is 2.23. The van der Waals surface area contributed by atoms with Crippen molar-refractivity contribution in [2.24, 2.45) is 0 Å². The molecule has 2 heterocycles. The van der Waals surface area contributed by atoms with Gasteiger partial charge in [-0.15, -0.1) is 0 Å². The molecule has 0 bridgehead atoms. The molecule has 3 nitrogen and oxygen atoms in total. The van der Waals surface area contributed by atoms with Gasteiger partial charge in [0.15, 0.2) is 0 Å². The van der Waals surface area contributed by atoms with Crippen molar-refractivity contribution in [2.45, 2.75) is 38.8 Å². The Balaban J connectivity index is 1.95. The molecule has 2 aromatic rings. The van der Waals surface area contributed by atoms with E-state index < -0.39 is 0 Å². The van der Waals surface area contributed by atoms with E-state index in [9.17, 15) is 4.79 Å². The average molecular weight is 268 g/mol. The van der Waals surface area contributed by atoms with Crippen molar-refractivity contribution in [3.63, 3.8) is 0 Å². The van der Waals surface area contributed by atoms with Gasteiger partial charge in [0.1, 0.15) is 6.29 Å². The van der Waals surface area contributed by atoms with E-state index >= 15 is 0 Å². The van der Waals surface area contributed by atoms with Gasteiger partial charge in [0.05, 0.1) is 11.6 Å². The number of hydrogen-bond acceptors (Lipinski definition) is 3. The van der Waals surface area contributed by atoms with Crippen LogP contribution in [0.5, 0.6) is 0 Å². The molecule has 1 atom stereocenters. The van der Waals surface area contributed by atoms with Crippen LogP contribution in [0.2, 0.25) is 0 Å². The van der Waals surface area contributed by atoms with E-state index in [0.29, 0.717) is 0 Å². The lowest BCUT2D eigenvalue weighted by atomic mass is 10.0. The number of carbonyl (C=O) groups is 1. The second-order valence-corrected chi connectivity index (χ2v) is 5.61. The van der Waals surface area contributed by atoms with Gasteiger partial charge in [-0.2, -0.15) is 0 Å². The quantitative estimate of drug-likeness (QED) is 0.802. The third-order valence-corrected chi connectivity index (χ3v) is 4.12. The van der Waals surface area contributed by atoms with Crippen molar-refractivity contribution >= 4 is 17.2 Å². The second-order valence-electron chi connectivity index (χ2n) is 5.61. The molecule has 1 unspecified atom stereocenters. The van der Waals surface area contributed by atoms with E-state index in [4.69, 9.17) is 0 Å². The van der Waals surface area contributed by atoms with Crippen LogP contribution in [0, 0.1) is 6.92 Å². The van der Waals surface area contributed by atoms with Crippen molar-refractivity contribution in [1.29, 1.82) is 0 Å². The topological polar surface area (TPSA) is 33.2 Å². The standard InChI is InChI=1S/C17H20N2O/c1-13-10-14(16-7-2-3-8-17(16)18-13)11-19-9-5-4-6-15(19)12-20/h2-3,7-8,10,12,15H,4-6,9,11H2,1H3. The molecule has 1 aromatic carbocycles. The Kier molecular flexibility index (Phi) is 3.79. The molecule has 1 aliphatic rings. The molecular weight excluding hydrogens is 248 g/mol. The van der Waals surface area contributed by atoms with Gasteiger partial charge in [0.25, 0.3) is 0 Å². The molecule has 0 aliphatic carbocycles. The normalized spacial score (nSPS) is 20.1. The summed E-state index contributed by atoms with van der Waals surface area (Å²) in [6.07, 6.45) is 4.45. The number of benzene rings is 1. The fourth-order valence-corrected chi connectivity index (χ4v) is 3.11. The number of aldehydes is 1. The summed E-state index contributed by atoms with van der Waals surface area (Å²) in [4.78, 5) is 18.1. The minimum atomic E-state index is 0.0796.